The highest BCUT2D eigenvalue weighted by molar-refractivity contribution is 6.31. The number of ether oxygens (including phenoxy) is 1. The third-order valence-corrected chi connectivity index (χ3v) is 5.49. The summed E-state index contributed by atoms with van der Waals surface area (Å²) in [4.78, 5) is 24.8. The second kappa shape index (κ2) is 8.76. The highest BCUT2D eigenvalue weighted by Gasteiger charge is 2.30. The van der Waals surface area contributed by atoms with Crippen molar-refractivity contribution in [2.75, 3.05) is 17.2 Å². The van der Waals surface area contributed by atoms with Crippen molar-refractivity contribution in [3.05, 3.63) is 82.1 Å². The van der Waals surface area contributed by atoms with Crippen LogP contribution in [0.5, 0.6) is 5.75 Å². The predicted octanol–water partition coefficient (Wildman–Crippen LogP) is 4.48. The molecule has 164 valence electrons. The topological polar surface area (TPSA) is 105 Å². The number of aliphatic carboxylic acids is 1. The first kappa shape index (κ1) is 21.5. The summed E-state index contributed by atoms with van der Waals surface area (Å²) < 4.78 is 7.30. The largest absolute Gasteiger partial charge is 0.494 e. The molecule has 2 aromatic carbocycles. The number of carbonyl (C=O) groups excluding carboxylic acids is 1. The van der Waals surface area contributed by atoms with Gasteiger partial charge in [-0.15, -0.1) is 0 Å². The molecule has 1 aromatic heterocycles. The zero-order valence-corrected chi connectivity index (χ0v) is 18.2. The molecule has 0 radical (unpaired) electrons. The van der Waals surface area contributed by atoms with Gasteiger partial charge in [0, 0.05) is 16.3 Å². The van der Waals surface area contributed by atoms with Crippen LogP contribution in [0.2, 0.25) is 5.02 Å². The number of fused-ring (bicyclic) bond motifs is 1. The van der Waals surface area contributed by atoms with Crippen LogP contribution in [0.3, 0.4) is 0 Å². The highest BCUT2D eigenvalue weighted by atomic mass is 35.5. The SMILES string of the molecule is CCOc1ccccc1[C@@H]1C=C(C(=O)O)Nc2c(C(=O)Nc3ccc(C)c(Cl)c3)cnn21. The van der Waals surface area contributed by atoms with Gasteiger partial charge in [-0.05, 0) is 43.7 Å². The van der Waals surface area contributed by atoms with Crippen LogP contribution < -0.4 is 15.4 Å². The minimum atomic E-state index is -1.15. The van der Waals surface area contributed by atoms with E-state index in [1.165, 1.54) is 6.20 Å². The number of carboxylic acid groups (broad SMARTS) is 1. The molecule has 2 heterocycles. The van der Waals surface area contributed by atoms with E-state index in [2.05, 4.69) is 15.7 Å². The number of hydrogen-bond donors (Lipinski definition) is 3. The van der Waals surface area contributed by atoms with Crippen LogP contribution in [0, 0.1) is 6.92 Å². The maximum absolute atomic E-state index is 13.0. The van der Waals surface area contributed by atoms with Crippen molar-refractivity contribution in [1.82, 2.24) is 9.78 Å². The average molecular weight is 453 g/mol. The number of allylic oxidation sites excluding steroid dienone is 1. The Balaban J connectivity index is 1.73. The molecule has 8 nitrogen and oxygen atoms in total. The first-order chi connectivity index (χ1) is 15.4. The molecule has 4 rings (SSSR count). The molecule has 1 aliphatic heterocycles. The van der Waals surface area contributed by atoms with Crippen molar-refractivity contribution >= 4 is 35.0 Å². The van der Waals surface area contributed by atoms with Gasteiger partial charge in [0.25, 0.3) is 5.91 Å². The molecule has 0 saturated heterocycles. The van der Waals surface area contributed by atoms with E-state index in [0.717, 1.165) is 11.1 Å². The van der Waals surface area contributed by atoms with E-state index >= 15 is 0 Å². The Labute approximate surface area is 189 Å². The van der Waals surface area contributed by atoms with Gasteiger partial charge in [-0.2, -0.15) is 5.10 Å². The summed E-state index contributed by atoms with van der Waals surface area (Å²) in [5, 5.41) is 20.2. The summed E-state index contributed by atoms with van der Waals surface area (Å²) in [5.41, 5.74) is 2.29. The van der Waals surface area contributed by atoms with Crippen molar-refractivity contribution in [2.24, 2.45) is 0 Å². The Morgan fingerprint density at radius 2 is 2.06 bits per heavy atom. The highest BCUT2D eigenvalue weighted by Crippen LogP contribution is 2.36. The molecule has 0 aliphatic carbocycles. The van der Waals surface area contributed by atoms with Gasteiger partial charge in [0.15, 0.2) is 0 Å². The Morgan fingerprint density at radius 3 is 2.78 bits per heavy atom. The molecule has 9 heteroatoms. The fraction of sp³-hybridized carbons (Fsp3) is 0.174. The first-order valence-corrected chi connectivity index (χ1v) is 10.4. The molecule has 0 bridgehead atoms. The van der Waals surface area contributed by atoms with Gasteiger partial charge in [-0.1, -0.05) is 35.9 Å². The van der Waals surface area contributed by atoms with E-state index in [4.69, 9.17) is 16.3 Å². The van der Waals surface area contributed by atoms with Crippen LogP contribution in [0.1, 0.15) is 34.5 Å². The molecule has 1 atom stereocenters. The van der Waals surface area contributed by atoms with E-state index in [1.807, 2.05) is 38.1 Å². The standard InChI is InChI=1S/C23H21ClN4O4/c1-3-32-20-7-5-4-6-15(20)19-11-18(23(30)31)27-21-16(12-25-28(19)21)22(29)26-14-9-8-13(2)17(24)10-14/h4-12,19,27H,3H2,1-2H3,(H,26,29)(H,30,31)/t19-/m0/s1. The number of halogens is 1. The number of aryl methyl sites for hydroxylation is 1. The summed E-state index contributed by atoms with van der Waals surface area (Å²) >= 11 is 6.15. The lowest BCUT2D eigenvalue weighted by atomic mass is 10.0. The van der Waals surface area contributed by atoms with Crippen LogP contribution in [0.15, 0.2) is 60.4 Å². The number of carbonyl (C=O) groups is 2. The number of para-hydroxylation sites is 1. The predicted molar refractivity (Wildman–Crippen MR) is 121 cm³/mol. The van der Waals surface area contributed by atoms with Crippen LogP contribution in [0.25, 0.3) is 0 Å². The monoisotopic (exact) mass is 452 g/mol. The number of nitrogens with one attached hydrogen (secondary N) is 2. The van der Waals surface area contributed by atoms with Crippen LogP contribution in [-0.4, -0.2) is 33.4 Å². The third kappa shape index (κ3) is 4.04. The number of hydrogen-bond acceptors (Lipinski definition) is 5. The molecule has 3 aromatic rings. The Hall–Kier alpha value is -3.78. The molecule has 0 fully saturated rings. The summed E-state index contributed by atoms with van der Waals surface area (Å²) in [6, 6.07) is 12.0. The third-order valence-electron chi connectivity index (χ3n) is 5.08. The zero-order chi connectivity index (χ0) is 22.8. The molecule has 3 N–H and O–H groups in total. The molecule has 1 aliphatic rings. The molecule has 0 saturated carbocycles. The van der Waals surface area contributed by atoms with Crippen molar-refractivity contribution in [2.45, 2.75) is 19.9 Å². The van der Waals surface area contributed by atoms with E-state index in [9.17, 15) is 14.7 Å². The Morgan fingerprint density at radius 1 is 1.28 bits per heavy atom. The van der Waals surface area contributed by atoms with Crippen molar-refractivity contribution in [1.29, 1.82) is 0 Å². The lowest BCUT2D eigenvalue weighted by molar-refractivity contribution is -0.132. The van der Waals surface area contributed by atoms with E-state index < -0.39 is 17.9 Å². The van der Waals surface area contributed by atoms with Crippen LogP contribution >= 0.6 is 11.6 Å². The zero-order valence-electron chi connectivity index (χ0n) is 17.4. The molecule has 1 amide bonds. The summed E-state index contributed by atoms with van der Waals surface area (Å²) in [7, 11) is 0. The van der Waals surface area contributed by atoms with Gasteiger partial charge in [0.1, 0.15) is 28.9 Å². The number of nitrogens with zero attached hydrogens (tertiary/aromatic N) is 2. The Bertz CT molecular complexity index is 1230. The fourth-order valence-electron chi connectivity index (χ4n) is 3.49. The minimum absolute atomic E-state index is 0.0540. The fourth-order valence-corrected chi connectivity index (χ4v) is 3.67. The summed E-state index contributed by atoms with van der Waals surface area (Å²) in [6.07, 6.45) is 2.95. The number of benzene rings is 2. The van der Waals surface area contributed by atoms with E-state index in [0.29, 0.717) is 23.1 Å². The van der Waals surface area contributed by atoms with Gasteiger partial charge >= 0.3 is 5.97 Å². The quantitative estimate of drug-likeness (QED) is 0.509. The van der Waals surface area contributed by atoms with E-state index in [-0.39, 0.29) is 17.1 Å². The number of rotatable bonds is 6. The van der Waals surface area contributed by atoms with Crippen molar-refractivity contribution < 1.29 is 19.4 Å². The normalized spacial score (nSPS) is 14.7. The van der Waals surface area contributed by atoms with Gasteiger partial charge < -0.3 is 20.5 Å². The first-order valence-electron chi connectivity index (χ1n) is 9.98. The maximum atomic E-state index is 13.0. The van der Waals surface area contributed by atoms with Gasteiger partial charge in [-0.25, -0.2) is 9.48 Å². The van der Waals surface area contributed by atoms with Gasteiger partial charge in [-0.3, -0.25) is 4.79 Å². The lowest BCUT2D eigenvalue weighted by Crippen LogP contribution is -2.26. The van der Waals surface area contributed by atoms with Crippen molar-refractivity contribution in [3.63, 3.8) is 0 Å². The lowest BCUT2D eigenvalue weighted by Gasteiger charge is -2.25. The average Bonchev–Trinajstić information content (AvgIpc) is 3.20. The van der Waals surface area contributed by atoms with E-state index in [1.54, 1.807) is 29.0 Å². The summed E-state index contributed by atoms with van der Waals surface area (Å²) in [5.74, 6) is -0.697. The molecule has 0 unspecified atom stereocenters. The second-order valence-electron chi connectivity index (χ2n) is 7.20. The molecule has 0 spiro atoms. The molecule has 32 heavy (non-hydrogen) atoms. The summed E-state index contributed by atoms with van der Waals surface area (Å²) in [6.45, 7) is 4.19. The van der Waals surface area contributed by atoms with Gasteiger partial charge in [0.05, 0.1) is 12.8 Å². The number of aromatic nitrogens is 2. The molecular formula is C23H21ClN4O4. The van der Waals surface area contributed by atoms with Crippen molar-refractivity contribution in [3.8, 4) is 5.75 Å². The smallest absolute Gasteiger partial charge is 0.352 e. The van der Waals surface area contributed by atoms with Crippen LogP contribution in [-0.2, 0) is 4.79 Å². The number of carboxylic acids is 1. The van der Waals surface area contributed by atoms with Gasteiger partial charge in [0.2, 0.25) is 0 Å². The maximum Gasteiger partial charge on any atom is 0.352 e. The second-order valence-corrected chi connectivity index (χ2v) is 7.60. The number of amides is 1. The Kier molecular flexibility index (Phi) is 5.87. The van der Waals surface area contributed by atoms with Crippen LogP contribution in [0.4, 0.5) is 11.5 Å². The molecular weight excluding hydrogens is 432 g/mol. The minimum Gasteiger partial charge on any atom is -0.494 e. The number of anilines is 2.